The number of amides is 1. The van der Waals surface area contributed by atoms with Gasteiger partial charge in [-0.05, 0) is 11.5 Å². The average Bonchev–Trinajstić information content (AvgIpc) is 2.44. The van der Waals surface area contributed by atoms with E-state index in [2.05, 4.69) is 5.32 Å². The van der Waals surface area contributed by atoms with Crippen LogP contribution in [0.2, 0.25) is 0 Å². The van der Waals surface area contributed by atoms with Gasteiger partial charge in [0.25, 0.3) is 11.6 Å². The lowest BCUT2D eigenvalue weighted by Gasteiger charge is -2.19. The highest BCUT2D eigenvalue weighted by Gasteiger charge is 2.27. The van der Waals surface area contributed by atoms with Gasteiger partial charge in [-0.15, -0.1) is 0 Å². The number of nitro benzene ring substituents is 1. The third kappa shape index (κ3) is 4.75. The maximum Gasteiger partial charge on any atom is 0.328 e. The Bertz CT molecular complexity index is 621. The second kappa shape index (κ2) is 7.19. The van der Waals surface area contributed by atoms with Crippen molar-refractivity contribution in [2.45, 2.75) is 32.2 Å². The van der Waals surface area contributed by atoms with E-state index < -0.39 is 28.3 Å². The number of methoxy groups -OCH3 is 1. The predicted octanol–water partition coefficient (Wildman–Crippen LogP) is 1.72. The summed E-state index contributed by atoms with van der Waals surface area (Å²) in [7, 11) is 1.31. The maximum absolute atomic E-state index is 12.1. The van der Waals surface area contributed by atoms with Crippen molar-refractivity contribution in [1.82, 2.24) is 5.32 Å². The number of carbonyl (C=O) groups excluding carboxylic acids is 1. The summed E-state index contributed by atoms with van der Waals surface area (Å²) in [6.45, 7) is 5.28. The fourth-order valence-corrected chi connectivity index (χ4v) is 2.04. The van der Waals surface area contributed by atoms with E-state index in [1.807, 2.05) is 20.8 Å². The first kappa shape index (κ1) is 18.6. The van der Waals surface area contributed by atoms with E-state index in [-0.39, 0.29) is 17.9 Å². The predicted molar refractivity (Wildman–Crippen MR) is 82.6 cm³/mol. The summed E-state index contributed by atoms with van der Waals surface area (Å²) < 4.78 is 4.72. The van der Waals surface area contributed by atoms with E-state index in [1.165, 1.54) is 19.2 Å². The van der Waals surface area contributed by atoms with Gasteiger partial charge in [0.1, 0.15) is 0 Å². The number of nitrogens with one attached hydrogen (secondary N) is 1. The topological polar surface area (TPSA) is 119 Å². The molecule has 126 valence electrons. The fourth-order valence-electron chi connectivity index (χ4n) is 2.04. The van der Waals surface area contributed by atoms with Crippen molar-refractivity contribution in [3.8, 4) is 0 Å². The number of nitro groups is 1. The number of rotatable bonds is 6. The minimum absolute atomic E-state index is 0.0204. The van der Waals surface area contributed by atoms with Crippen molar-refractivity contribution >= 4 is 17.6 Å². The molecular formula is C15H20N2O6. The van der Waals surface area contributed by atoms with Crippen LogP contribution in [-0.2, 0) is 14.9 Å². The van der Waals surface area contributed by atoms with E-state index in [9.17, 15) is 19.7 Å². The lowest BCUT2D eigenvalue weighted by atomic mass is 9.85. The van der Waals surface area contributed by atoms with E-state index in [4.69, 9.17) is 9.84 Å². The first-order valence-corrected chi connectivity index (χ1v) is 6.89. The first-order valence-electron chi connectivity index (χ1n) is 6.89. The summed E-state index contributed by atoms with van der Waals surface area (Å²) >= 11 is 0. The molecule has 0 radical (unpaired) electrons. The normalized spacial score (nSPS) is 12.5. The molecule has 0 aliphatic rings. The average molecular weight is 324 g/mol. The van der Waals surface area contributed by atoms with Crippen LogP contribution < -0.4 is 5.32 Å². The van der Waals surface area contributed by atoms with Gasteiger partial charge in [-0.1, -0.05) is 26.8 Å². The van der Waals surface area contributed by atoms with E-state index in [0.29, 0.717) is 5.56 Å². The summed E-state index contributed by atoms with van der Waals surface area (Å²) in [6.07, 6.45) is 0. The van der Waals surface area contributed by atoms with Crippen molar-refractivity contribution in [3.63, 3.8) is 0 Å². The minimum Gasteiger partial charge on any atom is -0.480 e. The Morgan fingerprint density at radius 3 is 2.43 bits per heavy atom. The largest absolute Gasteiger partial charge is 0.480 e. The number of nitrogens with zero attached hydrogens (tertiary/aromatic N) is 1. The Balaban J connectivity index is 3.14. The molecule has 0 aromatic heterocycles. The van der Waals surface area contributed by atoms with Crippen LogP contribution in [0.25, 0.3) is 0 Å². The molecule has 1 aromatic carbocycles. The van der Waals surface area contributed by atoms with Crippen LogP contribution in [0.3, 0.4) is 0 Å². The minimum atomic E-state index is -1.25. The number of carboxylic acids is 1. The molecule has 1 atom stereocenters. The van der Waals surface area contributed by atoms with Gasteiger partial charge in [0, 0.05) is 24.3 Å². The first-order chi connectivity index (χ1) is 10.6. The molecular weight excluding hydrogens is 304 g/mol. The third-order valence-corrected chi connectivity index (χ3v) is 3.20. The van der Waals surface area contributed by atoms with Gasteiger partial charge >= 0.3 is 5.97 Å². The molecule has 1 unspecified atom stereocenters. The second-order valence-corrected chi connectivity index (χ2v) is 6.06. The molecule has 1 amide bonds. The fraction of sp³-hybridized carbons (Fsp3) is 0.467. The quantitative estimate of drug-likeness (QED) is 0.607. The molecule has 0 heterocycles. The zero-order valence-electron chi connectivity index (χ0n) is 13.5. The Morgan fingerprint density at radius 2 is 2.00 bits per heavy atom. The molecule has 0 aliphatic carbocycles. The van der Waals surface area contributed by atoms with Crippen LogP contribution in [0.4, 0.5) is 5.69 Å². The third-order valence-electron chi connectivity index (χ3n) is 3.20. The monoisotopic (exact) mass is 324 g/mol. The highest BCUT2D eigenvalue weighted by molar-refractivity contribution is 5.97. The molecule has 1 aromatic rings. The van der Waals surface area contributed by atoms with Crippen molar-refractivity contribution in [2.24, 2.45) is 0 Å². The molecule has 0 bridgehead atoms. The molecule has 0 saturated carbocycles. The van der Waals surface area contributed by atoms with Gasteiger partial charge in [0.2, 0.25) is 0 Å². The lowest BCUT2D eigenvalue weighted by molar-refractivity contribution is -0.386. The molecule has 0 aliphatic heterocycles. The van der Waals surface area contributed by atoms with Crippen LogP contribution in [0.1, 0.15) is 36.7 Å². The summed E-state index contributed by atoms with van der Waals surface area (Å²) in [5.41, 5.74) is -0.126. The van der Waals surface area contributed by atoms with Gasteiger partial charge in [-0.2, -0.15) is 0 Å². The van der Waals surface area contributed by atoms with Gasteiger partial charge < -0.3 is 15.2 Å². The number of hydrogen-bond donors (Lipinski definition) is 2. The van der Waals surface area contributed by atoms with Crippen molar-refractivity contribution in [3.05, 3.63) is 39.4 Å². The van der Waals surface area contributed by atoms with E-state index >= 15 is 0 Å². The van der Waals surface area contributed by atoms with Crippen LogP contribution in [0, 0.1) is 10.1 Å². The summed E-state index contributed by atoms with van der Waals surface area (Å²) in [5.74, 6) is -1.96. The molecule has 0 spiro atoms. The maximum atomic E-state index is 12.1. The van der Waals surface area contributed by atoms with Gasteiger partial charge in [0.15, 0.2) is 6.04 Å². The van der Waals surface area contributed by atoms with Gasteiger partial charge in [-0.3, -0.25) is 14.9 Å². The molecule has 2 N–H and O–H groups in total. The standard InChI is InChI=1S/C15H20N2O6/c1-15(2,3)10-6-5-9(7-12(10)17(21)22)13(18)16-11(8-23-4)14(19)20/h5-7,11H,8H2,1-4H3,(H,16,18)(H,19,20). The van der Waals surface area contributed by atoms with E-state index in [1.54, 1.807) is 0 Å². The molecule has 23 heavy (non-hydrogen) atoms. The molecule has 0 saturated heterocycles. The molecule has 8 nitrogen and oxygen atoms in total. The highest BCUT2D eigenvalue weighted by atomic mass is 16.6. The Morgan fingerprint density at radius 1 is 1.39 bits per heavy atom. The van der Waals surface area contributed by atoms with Crippen molar-refractivity contribution in [2.75, 3.05) is 13.7 Å². The van der Waals surface area contributed by atoms with E-state index in [0.717, 1.165) is 6.07 Å². The number of aliphatic carboxylic acids is 1. The Kier molecular flexibility index (Phi) is 5.80. The number of carbonyl (C=O) groups is 2. The summed E-state index contributed by atoms with van der Waals surface area (Å²) in [6, 6.07) is 2.88. The highest BCUT2D eigenvalue weighted by Crippen LogP contribution is 2.31. The van der Waals surface area contributed by atoms with Crippen molar-refractivity contribution < 1.29 is 24.4 Å². The van der Waals surface area contributed by atoms with Gasteiger partial charge in [0.05, 0.1) is 11.5 Å². The number of ether oxygens (including phenoxy) is 1. The zero-order valence-corrected chi connectivity index (χ0v) is 13.5. The Hall–Kier alpha value is -2.48. The molecule has 1 rings (SSSR count). The smallest absolute Gasteiger partial charge is 0.328 e. The second-order valence-electron chi connectivity index (χ2n) is 6.06. The van der Waals surface area contributed by atoms with Crippen LogP contribution in [-0.4, -0.2) is 41.7 Å². The van der Waals surface area contributed by atoms with Crippen LogP contribution in [0.15, 0.2) is 18.2 Å². The number of carboxylic acid groups (broad SMARTS) is 1. The number of benzene rings is 1. The van der Waals surface area contributed by atoms with Gasteiger partial charge in [-0.25, -0.2) is 4.79 Å². The lowest BCUT2D eigenvalue weighted by Crippen LogP contribution is -2.43. The molecule has 8 heteroatoms. The van der Waals surface area contributed by atoms with Crippen LogP contribution >= 0.6 is 0 Å². The zero-order chi connectivity index (χ0) is 17.8. The number of hydrogen-bond acceptors (Lipinski definition) is 5. The Labute approximate surface area is 133 Å². The van der Waals surface area contributed by atoms with Crippen molar-refractivity contribution in [1.29, 1.82) is 0 Å². The summed E-state index contributed by atoms with van der Waals surface area (Å²) in [5, 5.41) is 22.5. The summed E-state index contributed by atoms with van der Waals surface area (Å²) in [4.78, 5) is 33.8. The SMILES string of the molecule is COCC(NC(=O)c1ccc(C(C)(C)C)c([N+](=O)[O-])c1)C(=O)O. The molecule has 0 fully saturated rings. The van der Waals surface area contributed by atoms with Crippen LogP contribution in [0.5, 0.6) is 0 Å².